The second-order valence-corrected chi connectivity index (χ2v) is 6.47. The van der Waals surface area contributed by atoms with Crippen molar-refractivity contribution in [1.82, 2.24) is 10.2 Å². The number of alkyl carbamates (subject to hydrolysis) is 1. The van der Waals surface area contributed by atoms with E-state index in [4.69, 9.17) is 4.74 Å². The summed E-state index contributed by atoms with van der Waals surface area (Å²) >= 11 is 0. The molecular weight excluding hydrogens is 284 g/mol. The van der Waals surface area contributed by atoms with Gasteiger partial charge in [-0.15, -0.1) is 0 Å². The van der Waals surface area contributed by atoms with Crippen molar-refractivity contribution in [3.8, 4) is 0 Å². The second-order valence-electron chi connectivity index (χ2n) is 6.47. The molecule has 1 unspecified atom stereocenters. The summed E-state index contributed by atoms with van der Waals surface area (Å²) in [4.78, 5) is 25.3. The lowest BCUT2D eigenvalue weighted by atomic mass is 10.1. The number of aliphatic hydroxyl groups excluding tert-OH is 1. The van der Waals surface area contributed by atoms with E-state index in [1.54, 1.807) is 52.0 Å². The Labute approximate surface area is 130 Å². The SMILES string of the molecule is C[C@@H](CN1C(=O)c2ccccc2C1O)NC(=O)OC(C)(C)C. The first-order chi connectivity index (χ1) is 10.2. The predicted molar refractivity (Wildman–Crippen MR) is 81.3 cm³/mol. The summed E-state index contributed by atoms with van der Waals surface area (Å²) in [6.07, 6.45) is -1.52. The topological polar surface area (TPSA) is 78.9 Å². The second kappa shape index (κ2) is 5.96. The summed E-state index contributed by atoms with van der Waals surface area (Å²) in [5.74, 6) is -0.235. The maximum Gasteiger partial charge on any atom is 0.407 e. The molecule has 0 radical (unpaired) electrons. The lowest BCUT2D eigenvalue weighted by molar-refractivity contribution is 0.0118. The quantitative estimate of drug-likeness (QED) is 0.896. The van der Waals surface area contributed by atoms with E-state index in [-0.39, 0.29) is 18.5 Å². The van der Waals surface area contributed by atoms with E-state index in [0.29, 0.717) is 11.1 Å². The van der Waals surface area contributed by atoms with Gasteiger partial charge >= 0.3 is 6.09 Å². The summed E-state index contributed by atoms with van der Waals surface area (Å²) in [5.41, 5.74) is 0.514. The van der Waals surface area contributed by atoms with Gasteiger partial charge in [0.1, 0.15) is 5.60 Å². The summed E-state index contributed by atoms with van der Waals surface area (Å²) in [6.45, 7) is 7.30. The Morgan fingerprint density at radius 3 is 2.64 bits per heavy atom. The Hall–Kier alpha value is -2.08. The normalized spacial score (nSPS) is 18.9. The minimum absolute atomic E-state index is 0.202. The zero-order chi connectivity index (χ0) is 16.5. The van der Waals surface area contributed by atoms with Gasteiger partial charge in [0, 0.05) is 23.7 Å². The van der Waals surface area contributed by atoms with E-state index < -0.39 is 17.9 Å². The molecule has 2 N–H and O–H groups in total. The van der Waals surface area contributed by atoms with E-state index >= 15 is 0 Å². The molecule has 6 nitrogen and oxygen atoms in total. The van der Waals surface area contributed by atoms with Crippen LogP contribution in [0.2, 0.25) is 0 Å². The average molecular weight is 306 g/mol. The summed E-state index contributed by atoms with van der Waals surface area (Å²) in [7, 11) is 0. The summed E-state index contributed by atoms with van der Waals surface area (Å²) in [5, 5.41) is 12.9. The first kappa shape index (κ1) is 16.3. The highest BCUT2D eigenvalue weighted by molar-refractivity contribution is 5.98. The highest BCUT2D eigenvalue weighted by Crippen LogP contribution is 2.31. The lowest BCUT2D eigenvalue weighted by Crippen LogP contribution is -2.45. The van der Waals surface area contributed by atoms with Crippen LogP contribution in [0.3, 0.4) is 0 Å². The predicted octanol–water partition coefficient (Wildman–Crippen LogP) is 2.05. The molecule has 1 heterocycles. The van der Waals surface area contributed by atoms with Gasteiger partial charge in [0.25, 0.3) is 5.91 Å². The van der Waals surface area contributed by atoms with Crippen LogP contribution >= 0.6 is 0 Å². The third kappa shape index (κ3) is 3.57. The minimum Gasteiger partial charge on any atom is -0.444 e. The van der Waals surface area contributed by atoms with Crippen LogP contribution in [0.25, 0.3) is 0 Å². The molecule has 1 aromatic carbocycles. The van der Waals surface area contributed by atoms with Crippen LogP contribution in [0.4, 0.5) is 4.79 Å². The van der Waals surface area contributed by atoms with Crippen molar-refractivity contribution < 1.29 is 19.4 Å². The molecule has 6 heteroatoms. The van der Waals surface area contributed by atoms with Gasteiger partial charge in [-0.3, -0.25) is 4.79 Å². The van der Waals surface area contributed by atoms with E-state index in [0.717, 1.165) is 0 Å². The van der Waals surface area contributed by atoms with Gasteiger partial charge in [0.15, 0.2) is 6.23 Å². The van der Waals surface area contributed by atoms with Gasteiger partial charge in [-0.25, -0.2) is 4.79 Å². The fourth-order valence-corrected chi connectivity index (χ4v) is 2.38. The summed E-state index contributed by atoms with van der Waals surface area (Å²) in [6, 6.07) is 6.61. The zero-order valence-electron chi connectivity index (χ0n) is 13.3. The van der Waals surface area contributed by atoms with Crippen LogP contribution in [0.15, 0.2) is 24.3 Å². The number of rotatable bonds is 3. The average Bonchev–Trinajstić information content (AvgIpc) is 2.62. The molecule has 0 bridgehead atoms. The summed E-state index contributed by atoms with van der Waals surface area (Å²) < 4.78 is 5.17. The first-order valence-electron chi connectivity index (χ1n) is 7.26. The highest BCUT2D eigenvalue weighted by atomic mass is 16.6. The Morgan fingerprint density at radius 2 is 2.05 bits per heavy atom. The van der Waals surface area contributed by atoms with Gasteiger partial charge < -0.3 is 20.1 Å². The number of hydrogen-bond donors (Lipinski definition) is 2. The third-order valence-corrected chi connectivity index (χ3v) is 3.26. The Kier molecular flexibility index (Phi) is 4.42. The minimum atomic E-state index is -0.980. The van der Waals surface area contributed by atoms with Gasteiger partial charge in [0.2, 0.25) is 0 Å². The maximum atomic E-state index is 12.3. The Balaban J connectivity index is 1.97. The molecule has 0 aromatic heterocycles. The largest absolute Gasteiger partial charge is 0.444 e. The van der Waals surface area contributed by atoms with E-state index in [1.807, 2.05) is 0 Å². The number of nitrogens with zero attached hydrogens (tertiary/aromatic N) is 1. The van der Waals surface area contributed by atoms with Gasteiger partial charge in [-0.05, 0) is 33.8 Å². The number of ether oxygens (including phenoxy) is 1. The van der Waals surface area contributed by atoms with Crippen molar-refractivity contribution >= 4 is 12.0 Å². The molecule has 0 saturated heterocycles. The monoisotopic (exact) mass is 306 g/mol. The number of amides is 2. The van der Waals surface area contributed by atoms with Crippen molar-refractivity contribution in [3.63, 3.8) is 0 Å². The van der Waals surface area contributed by atoms with Crippen LogP contribution in [0.5, 0.6) is 0 Å². The van der Waals surface area contributed by atoms with Gasteiger partial charge in [-0.2, -0.15) is 0 Å². The van der Waals surface area contributed by atoms with E-state index in [2.05, 4.69) is 5.32 Å². The number of nitrogens with one attached hydrogen (secondary N) is 1. The third-order valence-electron chi connectivity index (χ3n) is 3.26. The van der Waals surface area contributed by atoms with Crippen molar-refractivity contribution in [2.24, 2.45) is 0 Å². The Morgan fingerprint density at radius 1 is 1.41 bits per heavy atom. The van der Waals surface area contributed by atoms with Gasteiger partial charge in [0.05, 0.1) is 0 Å². The van der Waals surface area contributed by atoms with Crippen molar-refractivity contribution in [1.29, 1.82) is 0 Å². The van der Waals surface area contributed by atoms with Crippen LogP contribution in [-0.2, 0) is 4.74 Å². The molecule has 22 heavy (non-hydrogen) atoms. The molecule has 2 atom stereocenters. The fraction of sp³-hybridized carbons (Fsp3) is 0.500. The highest BCUT2D eigenvalue weighted by Gasteiger charge is 2.36. The smallest absolute Gasteiger partial charge is 0.407 e. The van der Waals surface area contributed by atoms with Crippen molar-refractivity contribution in [3.05, 3.63) is 35.4 Å². The molecule has 2 rings (SSSR count). The van der Waals surface area contributed by atoms with Crippen LogP contribution < -0.4 is 5.32 Å². The van der Waals surface area contributed by atoms with Crippen molar-refractivity contribution in [2.75, 3.05) is 6.54 Å². The van der Waals surface area contributed by atoms with Crippen LogP contribution in [-0.4, -0.2) is 40.2 Å². The maximum absolute atomic E-state index is 12.3. The number of carbonyl (C=O) groups excluding carboxylic acids is 2. The Bertz CT molecular complexity index is 580. The standard InChI is InChI=1S/C16H22N2O4/c1-10(17-15(21)22-16(2,3)4)9-18-13(19)11-7-5-6-8-12(11)14(18)20/h5-8,10,13,19H,9H2,1-4H3,(H,17,21)/t10-,13?/m0/s1. The molecule has 0 saturated carbocycles. The fourth-order valence-electron chi connectivity index (χ4n) is 2.38. The van der Waals surface area contributed by atoms with E-state index in [1.165, 1.54) is 4.90 Å². The molecule has 0 spiro atoms. The molecule has 2 amide bonds. The zero-order valence-corrected chi connectivity index (χ0v) is 13.3. The van der Waals surface area contributed by atoms with Crippen LogP contribution in [0, 0.1) is 0 Å². The van der Waals surface area contributed by atoms with E-state index in [9.17, 15) is 14.7 Å². The molecule has 0 aliphatic carbocycles. The number of benzene rings is 1. The number of aliphatic hydroxyl groups is 1. The molecular formula is C16H22N2O4. The van der Waals surface area contributed by atoms with Crippen LogP contribution in [0.1, 0.15) is 49.8 Å². The molecule has 0 fully saturated rings. The molecule has 1 aliphatic rings. The number of carbonyl (C=O) groups is 2. The number of hydrogen-bond acceptors (Lipinski definition) is 4. The van der Waals surface area contributed by atoms with Gasteiger partial charge in [-0.1, -0.05) is 18.2 Å². The van der Waals surface area contributed by atoms with Crippen molar-refractivity contribution in [2.45, 2.75) is 45.6 Å². The first-order valence-corrected chi connectivity index (χ1v) is 7.26. The number of fused-ring (bicyclic) bond motifs is 1. The molecule has 120 valence electrons. The lowest BCUT2D eigenvalue weighted by Gasteiger charge is -2.26. The molecule has 1 aromatic rings. The molecule has 1 aliphatic heterocycles.